The van der Waals surface area contributed by atoms with Gasteiger partial charge >= 0.3 is 5.69 Å². The molecule has 0 saturated carbocycles. The SMILES string of the molecule is CCOC(CSc1n[nH]c(=O)n1CC)OCC. The lowest BCUT2D eigenvalue weighted by Gasteiger charge is -2.15. The molecule has 0 aliphatic carbocycles. The molecule has 7 heteroatoms. The summed E-state index contributed by atoms with van der Waals surface area (Å²) in [6.07, 6.45) is -0.257. The maximum absolute atomic E-state index is 11.3. The average Bonchev–Trinajstić information content (AvgIpc) is 2.67. The zero-order valence-electron chi connectivity index (χ0n) is 10.4. The molecule has 0 unspecified atom stereocenters. The van der Waals surface area contributed by atoms with Crippen LogP contribution in [-0.4, -0.2) is 40.0 Å². The number of rotatable bonds is 8. The number of hydrogen-bond acceptors (Lipinski definition) is 5. The Morgan fingerprint density at radius 2 is 2.00 bits per heavy atom. The third kappa shape index (κ3) is 4.18. The van der Waals surface area contributed by atoms with Crippen molar-refractivity contribution in [3.63, 3.8) is 0 Å². The average molecular weight is 261 g/mol. The molecular formula is C10H19N3O3S. The molecule has 1 aromatic heterocycles. The molecule has 1 N–H and O–H groups in total. The molecule has 98 valence electrons. The Labute approximate surface area is 105 Å². The van der Waals surface area contributed by atoms with E-state index in [0.717, 1.165) is 0 Å². The van der Waals surface area contributed by atoms with Gasteiger partial charge in [-0.2, -0.15) is 0 Å². The molecule has 0 aliphatic rings. The van der Waals surface area contributed by atoms with Gasteiger partial charge in [-0.3, -0.25) is 4.57 Å². The first-order chi connectivity index (χ1) is 8.22. The molecule has 6 nitrogen and oxygen atoms in total. The van der Waals surface area contributed by atoms with Crippen molar-refractivity contribution in [3.8, 4) is 0 Å². The molecule has 1 aromatic rings. The number of thioether (sulfide) groups is 1. The zero-order chi connectivity index (χ0) is 12.7. The van der Waals surface area contributed by atoms with Gasteiger partial charge in [-0.25, -0.2) is 9.89 Å². The molecule has 1 rings (SSSR count). The van der Waals surface area contributed by atoms with Crippen LogP contribution >= 0.6 is 11.8 Å². The van der Waals surface area contributed by atoms with Crippen molar-refractivity contribution >= 4 is 11.8 Å². The predicted octanol–water partition coefficient (Wildman–Crippen LogP) is 1.08. The third-order valence-corrected chi connectivity index (χ3v) is 3.10. The van der Waals surface area contributed by atoms with E-state index in [9.17, 15) is 4.79 Å². The van der Waals surface area contributed by atoms with Crippen LogP contribution in [0.25, 0.3) is 0 Å². The summed E-state index contributed by atoms with van der Waals surface area (Å²) in [6, 6.07) is 0. The molecule has 0 fully saturated rings. The van der Waals surface area contributed by atoms with Gasteiger partial charge in [0.2, 0.25) is 0 Å². The first-order valence-electron chi connectivity index (χ1n) is 5.74. The first-order valence-corrected chi connectivity index (χ1v) is 6.72. The Hall–Kier alpha value is -0.790. The number of aromatic amines is 1. The quantitative estimate of drug-likeness (QED) is 0.560. The van der Waals surface area contributed by atoms with Crippen molar-refractivity contribution in [2.24, 2.45) is 0 Å². The van der Waals surface area contributed by atoms with Gasteiger partial charge in [-0.15, -0.1) is 5.10 Å². The van der Waals surface area contributed by atoms with E-state index in [2.05, 4.69) is 10.2 Å². The monoisotopic (exact) mass is 261 g/mol. The van der Waals surface area contributed by atoms with Crippen molar-refractivity contribution in [2.75, 3.05) is 19.0 Å². The van der Waals surface area contributed by atoms with E-state index in [-0.39, 0.29) is 12.0 Å². The van der Waals surface area contributed by atoms with Crippen LogP contribution in [0.2, 0.25) is 0 Å². The van der Waals surface area contributed by atoms with E-state index in [1.54, 1.807) is 4.57 Å². The van der Waals surface area contributed by atoms with Crippen LogP contribution < -0.4 is 5.69 Å². The highest BCUT2D eigenvalue weighted by Crippen LogP contribution is 2.16. The summed E-state index contributed by atoms with van der Waals surface area (Å²) in [7, 11) is 0. The number of ether oxygens (including phenoxy) is 2. The Bertz CT molecular complexity index is 371. The van der Waals surface area contributed by atoms with E-state index < -0.39 is 0 Å². The van der Waals surface area contributed by atoms with Gasteiger partial charge in [0.05, 0.1) is 5.75 Å². The summed E-state index contributed by atoms with van der Waals surface area (Å²) < 4.78 is 12.4. The van der Waals surface area contributed by atoms with Crippen molar-refractivity contribution in [2.45, 2.75) is 38.8 Å². The highest BCUT2D eigenvalue weighted by atomic mass is 32.2. The largest absolute Gasteiger partial charge is 0.352 e. The number of nitrogens with zero attached hydrogens (tertiary/aromatic N) is 2. The number of nitrogens with one attached hydrogen (secondary N) is 1. The summed E-state index contributed by atoms with van der Waals surface area (Å²) >= 11 is 1.45. The molecule has 1 heterocycles. The molecule has 17 heavy (non-hydrogen) atoms. The van der Waals surface area contributed by atoms with E-state index in [4.69, 9.17) is 9.47 Å². The highest BCUT2D eigenvalue weighted by Gasteiger charge is 2.12. The minimum Gasteiger partial charge on any atom is -0.352 e. The van der Waals surface area contributed by atoms with Crippen molar-refractivity contribution in [1.29, 1.82) is 0 Å². The van der Waals surface area contributed by atoms with Crippen molar-refractivity contribution in [1.82, 2.24) is 14.8 Å². The first kappa shape index (κ1) is 14.3. The van der Waals surface area contributed by atoms with Crippen LogP contribution in [0.3, 0.4) is 0 Å². The molecule has 0 bridgehead atoms. The third-order valence-electron chi connectivity index (χ3n) is 2.09. The second-order valence-corrected chi connectivity index (χ2v) is 4.19. The molecule has 0 amide bonds. The van der Waals surface area contributed by atoms with Gasteiger partial charge < -0.3 is 9.47 Å². The molecule has 0 spiro atoms. The molecule has 0 aromatic carbocycles. The summed E-state index contributed by atoms with van der Waals surface area (Å²) in [4.78, 5) is 11.3. The molecule has 0 aliphatic heterocycles. The van der Waals surface area contributed by atoms with Gasteiger partial charge in [0, 0.05) is 19.8 Å². The lowest BCUT2D eigenvalue weighted by Crippen LogP contribution is -2.21. The van der Waals surface area contributed by atoms with Gasteiger partial charge in [0.15, 0.2) is 11.4 Å². The number of H-pyrrole nitrogens is 1. The maximum atomic E-state index is 11.3. The second kappa shape index (κ2) is 7.52. The Balaban J connectivity index is 2.55. The second-order valence-electron chi connectivity index (χ2n) is 3.21. The minimum atomic E-state index is -0.257. The van der Waals surface area contributed by atoms with E-state index >= 15 is 0 Å². The minimum absolute atomic E-state index is 0.181. The Morgan fingerprint density at radius 1 is 1.35 bits per heavy atom. The predicted molar refractivity (Wildman–Crippen MR) is 66.3 cm³/mol. The van der Waals surface area contributed by atoms with E-state index in [1.807, 2.05) is 20.8 Å². The fourth-order valence-electron chi connectivity index (χ4n) is 1.35. The topological polar surface area (TPSA) is 69.1 Å². The summed E-state index contributed by atoms with van der Waals surface area (Å²) in [6.45, 7) is 7.56. The summed E-state index contributed by atoms with van der Waals surface area (Å²) in [5.41, 5.74) is -0.181. The fourth-order valence-corrected chi connectivity index (χ4v) is 2.31. The van der Waals surface area contributed by atoms with Crippen LogP contribution in [0.15, 0.2) is 9.95 Å². The van der Waals surface area contributed by atoms with Crippen LogP contribution in [-0.2, 0) is 16.0 Å². The normalized spacial score (nSPS) is 11.3. The maximum Gasteiger partial charge on any atom is 0.343 e. The van der Waals surface area contributed by atoms with Gasteiger partial charge in [-0.1, -0.05) is 11.8 Å². The van der Waals surface area contributed by atoms with Gasteiger partial charge in [0.25, 0.3) is 0 Å². The molecule has 0 atom stereocenters. The van der Waals surface area contributed by atoms with Crippen LogP contribution in [0.1, 0.15) is 20.8 Å². The Morgan fingerprint density at radius 3 is 2.53 bits per heavy atom. The highest BCUT2D eigenvalue weighted by molar-refractivity contribution is 7.99. The van der Waals surface area contributed by atoms with E-state index in [1.165, 1.54) is 11.8 Å². The number of hydrogen-bond donors (Lipinski definition) is 1. The Kier molecular flexibility index (Phi) is 6.31. The smallest absolute Gasteiger partial charge is 0.343 e. The van der Waals surface area contributed by atoms with E-state index in [0.29, 0.717) is 30.7 Å². The fraction of sp³-hybridized carbons (Fsp3) is 0.800. The molecular weight excluding hydrogens is 242 g/mol. The van der Waals surface area contributed by atoms with Crippen LogP contribution in [0.4, 0.5) is 0 Å². The lowest BCUT2D eigenvalue weighted by molar-refractivity contribution is -0.120. The summed E-state index contributed by atoms with van der Waals surface area (Å²) in [5, 5.41) is 7.06. The number of aromatic nitrogens is 3. The van der Waals surface area contributed by atoms with Gasteiger partial charge in [-0.05, 0) is 20.8 Å². The lowest BCUT2D eigenvalue weighted by atomic mass is 10.7. The molecule has 0 saturated heterocycles. The zero-order valence-corrected chi connectivity index (χ0v) is 11.2. The standard InChI is InChI=1S/C10H19N3O3S/c1-4-13-9(14)11-12-10(13)17-7-8(15-5-2)16-6-3/h8H,4-7H2,1-3H3,(H,11,14). The van der Waals surface area contributed by atoms with Crippen LogP contribution in [0, 0.1) is 0 Å². The summed E-state index contributed by atoms with van der Waals surface area (Å²) in [5.74, 6) is 0.617. The van der Waals surface area contributed by atoms with Crippen molar-refractivity contribution in [3.05, 3.63) is 10.5 Å². The molecule has 0 radical (unpaired) electrons. The van der Waals surface area contributed by atoms with Gasteiger partial charge in [0.1, 0.15) is 0 Å². The van der Waals surface area contributed by atoms with Crippen LogP contribution in [0.5, 0.6) is 0 Å². The van der Waals surface area contributed by atoms with Crippen molar-refractivity contribution < 1.29 is 9.47 Å².